The second-order valence-electron chi connectivity index (χ2n) is 8.65. The van der Waals surface area contributed by atoms with Gasteiger partial charge in [-0.05, 0) is 52.3 Å². The summed E-state index contributed by atoms with van der Waals surface area (Å²) < 4.78 is 8.73. The maximum absolute atomic E-state index is 6.18. The Labute approximate surface area is 195 Å². The van der Waals surface area contributed by atoms with Crippen LogP contribution in [0.1, 0.15) is 71.9 Å². The van der Waals surface area contributed by atoms with Gasteiger partial charge in [0.2, 0.25) is 0 Å². The van der Waals surface area contributed by atoms with Crippen molar-refractivity contribution in [2.75, 3.05) is 24.6 Å². The van der Waals surface area contributed by atoms with E-state index in [-0.39, 0.29) is 0 Å². The molecule has 0 aliphatic carbocycles. The van der Waals surface area contributed by atoms with Gasteiger partial charge in [-0.1, -0.05) is 63.3 Å². The van der Waals surface area contributed by atoms with Crippen LogP contribution >= 0.6 is 0 Å². The van der Waals surface area contributed by atoms with Crippen molar-refractivity contribution in [1.29, 1.82) is 0 Å². The van der Waals surface area contributed by atoms with Gasteiger partial charge in [-0.25, -0.2) is 0 Å². The van der Waals surface area contributed by atoms with Crippen molar-refractivity contribution in [2.45, 2.75) is 79.7 Å². The highest BCUT2D eigenvalue weighted by Gasteiger charge is 2.23. The van der Waals surface area contributed by atoms with Crippen LogP contribution in [0.25, 0.3) is 22.0 Å². The predicted molar refractivity (Wildman–Crippen MR) is 140 cm³/mol. The van der Waals surface area contributed by atoms with Crippen LogP contribution in [0.4, 0.5) is 5.69 Å². The lowest BCUT2D eigenvalue weighted by Gasteiger charge is -2.26. The summed E-state index contributed by atoms with van der Waals surface area (Å²) in [6.07, 6.45) is 7.91. The summed E-state index contributed by atoms with van der Waals surface area (Å²) in [5.41, 5.74) is 6.53. The fourth-order valence-corrected chi connectivity index (χ4v) is 4.96. The average Bonchev–Trinajstić information content (AvgIpc) is 3.08. The number of fused-ring (bicyclic) bond motifs is 1. The zero-order chi connectivity index (χ0) is 22.9. The Hall–Kier alpha value is -2.42. The highest BCUT2D eigenvalue weighted by atomic mass is 16.5. The van der Waals surface area contributed by atoms with Crippen LogP contribution in [0, 0.1) is 6.92 Å². The minimum Gasteiger partial charge on any atom is -0.493 e. The fraction of sp³-hybridized carbons (Fsp3) is 0.517. The van der Waals surface area contributed by atoms with E-state index < -0.39 is 0 Å². The number of unbranched alkanes of at least 4 members (excludes halogenated alkanes) is 5. The summed E-state index contributed by atoms with van der Waals surface area (Å²) >= 11 is 0. The van der Waals surface area contributed by atoms with E-state index >= 15 is 0 Å². The van der Waals surface area contributed by atoms with Gasteiger partial charge in [0.25, 0.3) is 0 Å². The normalized spacial score (nSPS) is 11.3. The number of anilines is 1. The molecule has 3 nitrogen and oxygen atoms in total. The first-order chi connectivity index (χ1) is 15.7. The Morgan fingerprint density at radius 2 is 1.50 bits per heavy atom. The summed E-state index contributed by atoms with van der Waals surface area (Å²) in [5.74, 6) is 0.988. The first-order valence-corrected chi connectivity index (χ1v) is 12.8. The maximum Gasteiger partial charge on any atom is 0.129 e. The molecule has 0 radical (unpaired) electrons. The van der Waals surface area contributed by atoms with Gasteiger partial charge in [0.05, 0.1) is 6.61 Å². The van der Waals surface area contributed by atoms with E-state index in [2.05, 4.69) is 86.6 Å². The summed E-state index contributed by atoms with van der Waals surface area (Å²) in [4.78, 5) is 2.44. The Kier molecular flexibility index (Phi) is 9.08. The molecule has 32 heavy (non-hydrogen) atoms. The minimum atomic E-state index is 0.671. The van der Waals surface area contributed by atoms with E-state index in [1.807, 2.05) is 0 Å². The maximum atomic E-state index is 6.18. The second kappa shape index (κ2) is 12.0. The Morgan fingerprint density at radius 1 is 0.781 bits per heavy atom. The molecule has 0 amide bonds. The molecule has 0 atom stereocenters. The number of rotatable bonds is 13. The predicted octanol–water partition coefficient (Wildman–Crippen LogP) is 8.22. The van der Waals surface area contributed by atoms with Gasteiger partial charge in [-0.3, -0.25) is 0 Å². The topological polar surface area (TPSA) is 17.4 Å². The van der Waals surface area contributed by atoms with Crippen molar-refractivity contribution in [1.82, 2.24) is 4.57 Å². The molecule has 0 saturated heterocycles. The number of para-hydroxylation sites is 1. The van der Waals surface area contributed by atoms with Crippen molar-refractivity contribution < 1.29 is 4.74 Å². The van der Waals surface area contributed by atoms with Crippen LogP contribution in [0.2, 0.25) is 0 Å². The van der Waals surface area contributed by atoms with Crippen molar-refractivity contribution in [3.05, 3.63) is 48.2 Å². The Bertz CT molecular complexity index is 984. The zero-order valence-electron chi connectivity index (χ0n) is 20.9. The molecule has 2 aromatic carbocycles. The molecule has 174 valence electrons. The molecule has 3 aromatic rings. The van der Waals surface area contributed by atoms with E-state index in [0.717, 1.165) is 25.4 Å². The molecule has 0 aliphatic rings. The Morgan fingerprint density at radius 3 is 2.22 bits per heavy atom. The molecule has 3 heteroatoms. The van der Waals surface area contributed by atoms with E-state index in [1.165, 1.54) is 71.9 Å². The molecule has 1 aromatic heterocycles. The molecule has 0 spiro atoms. The number of aromatic nitrogens is 1. The number of aryl methyl sites for hydroxylation is 1. The van der Waals surface area contributed by atoms with Gasteiger partial charge in [0.15, 0.2) is 0 Å². The van der Waals surface area contributed by atoms with Gasteiger partial charge in [0, 0.05) is 53.0 Å². The van der Waals surface area contributed by atoms with Gasteiger partial charge >= 0.3 is 0 Å². The number of hydrogen-bond acceptors (Lipinski definition) is 2. The van der Waals surface area contributed by atoms with E-state index in [9.17, 15) is 0 Å². The van der Waals surface area contributed by atoms with E-state index in [1.54, 1.807) is 0 Å². The van der Waals surface area contributed by atoms with Crippen molar-refractivity contribution in [2.24, 2.45) is 0 Å². The molecule has 1 heterocycles. The van der Waals surface area contributed by atoms with Gasteiger partial charge in [-0.15, -0.1) is 0 Å². The first kappa shape index (κ1) is 24.2. The summed E-state index contributed by atoms with van der Waals surface area (Å²) in [5, 5.41) is 1.33. The lowest BCUT2D eigenvalue weighted by Crippen LogP contribution is -2.22. The molecule has 0 unspecified atom stereocenters. The number of ether oxygens (including phenoxy) is 1. The first-order valence-electron chi connectivity index (χ1n) is 12.8. The lowest BCUT2D eigenvalue weighted by molar-refractivity contribution is 0.341. The van der Waals surface area contributed by atoms with Crippen LogP contribution in [0.15, 0.2) is 42.5 Å². The molecule has 0 bridgehead atoms. The molecule has 3 rings (SSSR count). The third kappa shape index (κ3) is 5.14. The zero-order valence-corrected chi connectivity index (χ0v) is 20.9. The summed E-state index contributed by atoms with van der Waals surface area (Å²) in [6.45, 7) is 14.8. The van der Waals surface area contributed by atoms with Gasteiger partial charge < -0.3 is 14.2 Å². The third-order valence-electron chi connectivity index (χ3n) is 6.62. The van der Waals surface area contributed by atoms with Crippen LogP contribution in [-0.4, -0.2) is 24.3 Å². The fourth-order valence-electron chi connectivity index (χ4n) is 4.96. The SMILES string of the molecule is CCCCCCCCn1c(C)c(-c2c(OCC)cccc2N(CC)CC)c2ccccc21. The summed E-state index contributed by atoms with van der Waals surface area (Å²) in [7, 11) is 0. The minimum absolute atomic E-state index is 0.671. The van der Waals surface area contributed by atoms with Crippen molar-refractivity contribution in [3.63, 3.8) is 0 Å². The van der Waals surface area contributed by atoms with Gasteiger partial charge in [0.1, 0.15) is 5.75 Å². The quantitative estimate of drug-likeness (QED) is 0.252. The standard InChI is InChI=1S/C29H42N2O/c1-6-10-11-12-13-16-22-31-23(5)28(24-18-14-15-19-25(24)31)29-26(30(7-2)8-3)20-17-21-27(29)32-9-4/h14-15,17-21H,6-13,16,22H2,1-5H3. The number of hydrogen-bond donors (Lipinski definition) is 0. The van der Waals surface area contributed by atoms with Gasteiger partial charge in [-0.2, -0.15) is 0 Å². The molecular weight excluding hydrogens is 392 g/mol. The monoisotopic (exact) mass is 434 g/mol. The van der Waals surface area contributed by atoms with Crippen molar-refractivity contribution >= 4 is 16.6 Å². The molecule has 0 aliphatic heterocycles. The molecular formula is C29H42N2O. The van der Waals surface area contributed by atoms with Crippen LogP contribution in [-0.2, 0) is 6.54 Å². The van der Waals surface area contributed by atoms with Crippen molar-refractivity contribution in [3.8, 4) is 16.9 Å². The number of nitrogens with zero attached hydrogens (tertiary/aromatic N) is 2. The third-order valence-corrected chi connectivity index (χ3v) is 6.62. The molecule has 0 fully saturated rings. The Balaban J connectivity index is 2.09. The van der Waals surface area contributed by atoms with Crippen LogP contribution in [0.5, 0.6) is 5.75 Å². The van der Waals surface area contributed by atoms with E-state index in [0.29, 0.717) is 6.61 Å². The smallest absolute Gasteiger partial charge is 0.129 e. The van der Waals surface area contributed by atoms with Crippen LogP contribution < -0.4 is 9.64 Å². The molecule has 0 saturated carbocycles. The largest absolute Gasteiger partial charge is 0.493 e. The second-order valence-corrected chi connectivity index (χ2v) is 8.65. The lowest BCUT2D eigenvalue weighted by atomic mass is 9.98. The highest BCUT2D eigenvalue weighted by Crippen LogP contribution is 2.45. The highest BCUT2D eigenvalue weighted by molar-refractivity contribution is 6.03. The van der Waals surface area contributed by atoms with Crippen LogP contribution in [0.3, 0.4) is 0 Å². The van der Waals surface area contributed by atoms with E-state index in [4.69, 9.17) is 4.74 Å². The number of benzene rings is 2. The summed E-state index contributed by atoms with van der Waals surface area (Å²) in [6, 6.07) is 15.4. The molecule has 0 N–H and O–H groups in total. The average molecular weight is 435 g/mol.